The van der Waals surface area contributed by atoms with Crippen LogP contribution in [0.25, 0.3) is 11.3 Å². The Balaban J connectivity index is 1.36. The zero-order valence-corrected chi connectivity index (χ0v) is 20.2. The minimum absolute atomic E-state index is 0.110. The smallest absolute Gasteiger partial charge is 0.274 e. The summed E-state index contributed by atoms with van der Waals surface area (Å²) in [5, 5.41) is 5.10. The lowest BCUT2D eigenvalue weighted by molar-refractivity contribution is 0.0598. The lowest BCUT2D eigenvalue weighted by Crippen LogP contribution is -2.39. The molecule has 34 heavy (non-hydrogen) atoms. The molecule has 0 unspecified atom stereocenters. The SMILES string of the molecule is Cc1cn2nc([C@@H]3CCCCN3C(=O)c3c(Cl)nc4ccccn34)cc2nc1N1CC[C@H](C)C1. The van der Waals surface area contributed by atoms with Gasteiger partial charge < -0.3 is 9.80 Å². The van der Waals surface area contributed by atoms with Crippen molar-refractivity contribution in [1.82, 2.24) is 28.9 Å². The molecule has 8 nitrogen and oxygen atoms in total. The summed E-state index contributed by atoms with van der Waals surface area (Å²) < 4.78 is 3.63. The van der Waals surface area contributed by atoms with Crippen molar-refractivity contribution in [3.63, 3.8) is 0 Å². The Bertz CT molecular complexity index is 1390. The zero-order valence-electron chi connectivity index (χ0n) is 19.5. The Hall–Kier alpha value is -3.13. The van der Waals surface area contributed by atoms with Gasteiger partial charge in [0.1, 0.15) is 11.5 Å². The molecule has 2 saturated heterocycles. The van der Waals surface area contributed by atoms with Gasteiger partial charge in [0, 0.05) is 43.7 Å². The maximum atomic E-state index is 13.7. The van der Waals surface area contributed by atoms with Crippen LogP contribution in [0.3, 0.4) is 0 Å². The van der Waals surface area contributed by atoms with E-state index in [0.717, 1.165) is 55.1 Å². The highest BCUT2D eigenvalue weighted by atomic mass is 35.5. The van der Waals surface area contributed by atoms with Gasteiger partial charge in [0.2, 0.25) is 0 Å². The summed E-state index contributed by atoms with van der Waals surface area (Å²) in [5.41, 5.74) is 3.89. The second-order valence-corrected chi connectivity index (χ2v) is 10.0. The summed E-state index contributed by atoms with van der Waals surface area (Å²) in [6.07, 6.45) is 7.95. The van der Waals surface area contributed by atoms with E-state index in [9.17, 15) is 4.79 Å². The second-order valence-electron chi connectivity index (χ2n) is 9.65. The van der Waals surface area contributed by atoms with Crippen LogP contribution in [0.4, 0.5) is 5.82 Å². The summed E-state index contributed by atoms with van der Waals surface area (Å²) in [4.78, 5) is 27.3. The first kappa shape index (κ1) is 21.4. The fourth-order valence-electron chi connectivity index (χ4n) is 5.41. The summed E-state index contributed by atoms with van der Waals surface area (Å²) >= 11 is 6.43. The van der Waals surface area contributed by atoms with Crippen LogP contribution in [0.2, 0.25) is 5.15 Å². The summed E-state index contributed by atoms with van der Waals surface area (Å²) in [6.45, 7) is 7.12. The van der Waals surface area contributed by atoms with Crippen molar-refractivity contribution >= 4 is 34.6 Å². The fraction of sp³-hybridized carbons (Fsp3) is 0.440. The Kier molecular flexibility index (Phi) is 5.21. The van der Waals surface area contributed by atoms with Gasteiger partial charge in [-0.05, 0) is 50.7 Å². The minimum Gasteiger partial charge on any atom is -0.356 e. The number of fused-ring (bicyclic) bond motifs is 2. The number of anilines is 1. The number of halogens is 1. The number of piperidine rings is 1. The van der Waals surface area contributed by atoms with E-state index in [-0.39, 0.29) is 17.1 Å². The highest BCUT2D eigenvalue weighted by Crippen LogP contribution is 2.34. The Morgan fingerprint density at radius 1 is 1.12 bits per heavy atom. The number of likely N-dealkylation sites (tertiary alicyclic amines) is 1. The van der Waals surface area contributed by atoms with Gasteiger partial charge in [0.25, 0.3) is 5.91 Å². The van der Waals surface area contributed by atoms with Gasteiger partial charge in [-0.15, -0.1) is 0 Å². The number of pyridine rings is 1. The Morgan fingerprint density at radius 3 is 2.82 bits per heavy atom. The van der Waals surface area contributed by atoms with Crippen LogP contribution in [-0.2, 0) is 0 Å². The number of rotatable bonds is 3. The van der Waals surface area contributed by atoms with Crippen LogP contribution in [0, 0.1) is 12.8 Å². The van der Waals surface area contributed by atoms with Gasteiger partial charge in [-0.3, -0.25) is 9.20 Å². The van der Waals surface area contributed by atoms with Crippen molar-refractivity contribution in [3.05, 3.63) is 58.8 Å². The van der Waals surface area contributed by atoms with Crippen molar-refractivity contribution in [3.8, 4) is 0 Å². The van der Waals surface area contributed by atoms with E-state index >= 15 is 0 Å². The van der Waals surface area contributed by atoms with Gasteiger partial charge in [-0.2, -0.15) is 5.10 Å². The number of nitrogens with zero attached hydrogens (tertiary/aromatic N) is 7. The summed E-state index contributed by atoms with van der Waals surface area (Å²) in [7, 11) is 0. The molecule has 4 aromatic heterocycles. The lowest BCUT2D eigenvalue weighted by atomic mass is 9.99. The predicted molar refractivity (Wildman–Crippen MR) is 132 cm³/mol. The van der Waals surface area contributed by atoms with Crippen LogP contribution >= 0.6 is 11.6 Å². The first-order valence-corrected chi connectivity index (χ1v) is 12.4. The van der Waals surface area contributed by atoms with Crippen molar-refractivity contribution < 1.29 is 4.79 Å². The largest absolute Gasteiger partial charge is 0.356 e. The highest BCUT2D eigenvalue weighted by Gasteiger charge is 2.33. The third-order valence-electron chi connectivity index (χ3n) is 7.14. The molecular formula is C25H28ClN7O. The van der Waals surface area contributed by atoms with E-state index in [1.807, 2.05) is 39.9 Å². The van der Waals surface area contributed by atoms with Crippen LogP contribution < -0.4 is 4.90 Å². The van der Waals surface area contributed by atoms with Crippen molar-refractivity contribution in [2.75, 3.05) is 24.5 Å². The van der Waals surface area contributed by atoms with Crippen LogP contribution in [0.1, 0.15) is 60.4 Å². The molecule has 6 heterocycles. The number of hydrogen-bond acceptors (Lipinski definition) is 5. The molecule has 2 fully saturated rings. The molecule has 1 amide bonds. The van der Waals surface area contributed by atoms with Gasteiger partial charge >= 0.3 is 0 Å². The molecule has 6 rings (SSSR count). The molecule has 0 bridgehead atoms. The number of hydrogen-bond donors (Lipinski definition) is 0. The van der Waals surface area contributed by atoms with Gasteiger partial charge in [-0.1, -0.05) is 24.6 Å². The number of amides is 1. The van der Waals surface area contributed by atoms with Crippen molar-refractivity contribution in [2.45, 2.75) is 45.6 Å². The molecule has 0 aromatic carbocycles. The van der Waals surface area contributed by atoms with Crippen LogP contribution in [0.5, 0.6) is 0 Å². The third-order valence-corrected chi connectivity index (χ3v) is 7.41. The van der Waals surface area contributed by atoms with E-state index in [4.69, 9.17) is 21.7 Å². The molecule has 0 aliphatic carbocycles. The highest BCUT2D eigenvalue weighted by molar-refractivity contribution is 6.32. The monoisotopic (exact) mass is 477 g/mol. The van der Waals surface area contributed by atoms with Crippen LogP contribution in [-0.4, -0.2) is 54.4 Å². The third kappa shape index (κ3) is 3.52. The second kappa shape index (κ2) is 8.27. The van der Waals surface area contributed by atoms with Crippen LogP contribution in [0.15, 0.2) is 36.7 Å². The summed E-state index contributed by atoms with van der Waals surface area (Å²) in [5.74, 6) is 1.62. The Labute approximate surface area is 203 Å². The topological polar surface area (TPSA) is 71.0 Å². The molecular weight excluding hydrogens is 450 g/mol. The molecule has 0 N–H and O–H groups in total. The predicted octanol–water partition coefficient (Wildman–Crippen LogP) is 4.55. The number of carbonyl (C=O) groups is 1. The van der Waals surface area contributed by atoms with E-state index in [1.165, 1.54) is 6.42 Å². The zero-order chi connectivity index (χ0) is 23.4. The lowest BCUT2D eigenvalue weighted by Gasteiger charge is -2.34. The molecule has 0 spiro atoms. The number of aryl methyl sites for hydroxylation is 1. The first-order valence-electron chi connectivity index (χ1n) is 12.0. The molecule has 4 aromatic rings. The molecule has 2 aliphatic heterocycles. The first-order chi connectivity index (χ1) is 16.5. The fourth-order valence-corrected chi connectivity index (χ4v) is 5.66. The average molecular weight is 478 g/mol. The quantitative estimate of drug-likeness (QED) is 0.433. The maximum absolute atomic E-state index is 13.7. The van der Waals surface area contributed by atoms with E-state index in [0.29, 0.717) is 23.8 Å². The average Bonchev–Trinajstić information content (AvgIpc) is 3.53. The molecule has 0 saturated carbocycles. The maximum Gasteiger partial charge on any atom is 0.274 e. The molecule has 9 heteroatoms. The number of aromatic nitrogens is 5. The van der Waals surface area contributed by atoms with Gasteiger partial charge in [0.05, 0.1) is 11.7 Å². The molecule has 176 valence electrons. The van der Waals surface area contributed by atoms with E-state index in [1.54, 1.807) is 4.40 Å². The van der Waals surface area contributed by atoms with Gasteiger partial charge in [0.15, 0.2) is 16.5 Å². The number of carbonyl (C=O) groups excluding carboxylic acids is 1. The van der Waals surface area contributed by atoms with E-state index < -0.39 is 0 Å². The molecule has 2 atom stereocenters. The van der Waals surface area contributed by atoms with Crippen molar-refractivity contribution in [2.24, 2.45) is 5.92 Å². The molecule has 2 aliphatic rings. The number of imidazole rings is 1. The normalized spacial score (nSPS) is 21.1. The molecule has 0 radical (unpaired) electrons. The van der Waals surface area contributed by atoms with Gasteiger partial charge in [-0.25, -0.2) is 14.5 Å². The standard InChI is InChI=1S/C25H28ClN7O/c1-16-9-12-30(14-16)24-17(2)15-33-21(28-24)13-18(29-33)19-7-3-5-10-31(19)25(34)22-23(26)27-20-8-4-6-11-32(20)22/h4,6,8,11,13,15-16,19H,3,5,7,9-10,12,14H2,1-2H3/t16-,19-/m0/s1. The summed E-state index contributed by atoms with van der Waals surface area (Å²) in [6, 6.07) is 7.53. The van der Waals surface area contributed by atoms with Crippen molar-refractivity contribution in [1.29, 1.82) is 0 Å². The minimum atomic E-state index is -0.121. The Morgan fingerprint density at radius 2 is 2.00 bits per heavy atom. The van der Waals surface area contributed by atoms with E-state index in [2.05, 4.69) is 29.9 Å².